The average Bonchev–Trinajstić information content (AvgIpc) is 2.49. The lowest BCUT2D eigenvalue weighted by atomic mass is 10.2. The number of carbonyl (C=O) groups is 1. The van der Waals surface area contributed by atoms with Crippen molar-refractivity contribution in [2.24, 2.45) is 0 Å². The van der Waals surface area contributed by atoms with Gasteiger partial charge in [-0.15, -0.1) is 6.42 Å². The first-order chi connectivity index (χ1) is 11.4. The van der Waals surface area contributed by atoms with Crippen molar-refractivity contribution < 1.29 is 23.7 Å². The number of rotatable bonds is 9. The van der Waals surface area contributed by atoms with E-state index >= 15 is 0 Å². The van der Waals surface area contributed by atoms with Crippen molar-refractivity contribution in [2.45, 2.75) is 26.4 Å². The summed E-state index contributed by atoms with van der Waals surface area (Å²) in [6, 6.07) is 7.02. The van der Waals surface area contributed by atoms with Gasteiger partial charge in [0, 0.05) is 5.69 Å². The highest BCUT2D eigenvalue weighted by atomic mass is 16.6. The van der Waals surface area contributed by atoms with E-state index in [4.69, 9.17) is 25.4 Å². The van der Waals surface area contributed by atoms with Crippen molar-refractivity contribution in [2.75, 3.05) is 38.4 Å². The first-order valence-corrected chi connectivity index (χ1v) is 7.72. The highest BCUT2D eigenvalue weighted by molar-refractivity contribution is 5.84. The van der Waals surface area contributed by atoms with Gasteiger partial charge in [0.15, 0.2) is 0 Å². The Bertz CT molecular complexity index is 528. The summed E-state index contributed by atoms with van der Waals surface area (Å²) in [5.74, 6) is 3.07. The van der Waals surface area contributed by atoms with E-state index in [0.29, 0.717) is 44.5 Å². The quantitative estimate of drug-likeness (QED) is 0.555. The standard InChI is InChI=1S/C18H25NO5/c1-5-10-21-11-12-22-13-14-23-16-8-6-15(7-9-16)19-17(20)24-18(2,3)4/h1,6-9H,10-14H2,2-4H3,(H,19,20). The van der Waals surface area contributed by atoms with E-state index in [1.165, 1.54) is 0 Å². The van der Waals surface area contributed by atoms with Crippen LogP contribution in [0.25, 0.3) is 0 Å². The minimum atomic E-state index is -0.529. The predicted octanol–water partition coefficient (Wildman–Crippen LogP) is 3.08. The zero-order valence-electron chi connectivity index (χ0n) is 14.5. The molecule has 0 fully saturated rings. The second kappa shape index (κ2) is 10.5. The summed E-state index contributed by atoms with van der Waals surface area (Å²) in [4.78, 5) is 11.6. The molecule has 0 aliphatic carbocycles. The van der Waals surface area contributed by atoms with Crippen LogP contribution in [-0.4, -0.2) is 44.7 Å². The Hall–Kier alpha value is -2.23. The molecule has 0 unspecified atom stereocenters. The van der Waals surface area contributed by atoms with E-state index in [-0.39, 0.29) is 0 Å². The highest BCUT2D eigenvalue weighted by Gasteiger charge is 2.16. The van der Waals surface area contributed by atoms with E-state index in [9.17, 15) is 4.79 Å². The summed E-state index contributed by atoms with van der Waals surface area (Å²) in [6.45, 7) is 7.56. The summed E-state index contributed by atoms with van der Waals surface area (Å²) >= 11 is 0. The number of anilines is 1. The third-order valence-corrected chi connectivity index (χ3v) is 2.55. The van der Waals surface area contributed by atoms with Crippen molar-refractivity contribution in [3.63, 3.8) is 0 Å². The van der Waals surface area contributed by atoms with Gasteiger partial charge in [0.1, 0.15) is 24.6 Å². The molecule has 0 aliphatic heterocycles. The molecule has 0 aliphatic rings. The van der Waals surface area contributed by atoms with Crippen molar-refractivity contribution in [3.05, 3.63) is 24.3 Å². The Labute approximate surface area is 143 Å². The molecule has 0 heterocycles. The van der Waals surface area contributed by atoms with E-state index < -0.39 is 11.7 Å². The Morgan fingerprint density at radius 1 is 1.08 bits per heavy atom. The Morgan fingerprint density at radius 3 is 2.33 bits per heavy atom. The number of carbonyl (C=O) groups excluding carboxylic acids is 1. The lowest BCUT2D eigenvalue weighted by molar-refractivity contribution is 0.0462. The number of benzene rings is 1. The van der Waals surface area contributed by atoms with Crippen LogP contribution in [0, 0.1) is 12.3 Å². The van der Waals surface area contributed by atoms with Crippen LogP contribution < -0.4 is 10.1 Å². The fourth-order valence-corrected chi connectivity index (χ4v) is 1.63. The number of hydrogen-bond donors (Lipinski definition) is 1. The van der Waals surface area contributed by atoms with Gasteiger partial charge in [0.05, 0.1) is 19.8 Å². The van der Waals surface area contributed by atoms with E-state index in [2.05, 4.69) is 11.2 Å². The van der Waals surface area contributed by atoms with Gasteiger partial charge < -0.3 is 18.9 Å². The first kappa shape index (κ1) is 19.8. The first-order valence-electron chi connectivity index (χ1n) is 7.72. The lowest BCUT2D eigenvalue weighted by Crippen LogP contribution is -2.27. The topological polar surface area (TPSA) is 66.0 Å². The summed E-state index contributed by atoms with van der Waals surface area (Å²) in [5, 5.41) is 2.66. The minimum absolute atomic E-state index is 0.295. The van der Waals surface area contributed by atoms with Crippen LogP contribution in [0.4, 0.5) is 10.5 Å². The maximum absolute atomic E-state index is 11.6. The van der Waals surface area contributed by atoms with Crippen molar-refractivity contribution in [1.82, 2.24) is 0 Å². The summed E-state index contributed by atoms with van der Waals surface area (Å²) in [7, 11) is 0. The van der Waals surface area contributed by atoms with Crippen LogP contribution in [0.1, 0.15) is 20.8 Å². The monoisotopic (exact) mass is 335 g/mol. The number of ether oxygens (including phenoxy) is 4. The Balaban J connectivity index is 2.21. The summed E-state index contributed by atoms with van der Waals surface area (Å²) in [6.07, 6.45) is 4.56. The molecular formula is C18H25NO5. The zero-order chi connectivity index (χ0) is 17.8. The van der Waals surface area contributed by atoms with Gasteiger partial charge in [-0.2, -0.15) is 0 Å². The second-order valence-electron chi connectivity index (χ2n) is 5.87. The van der Waals surface area contributed by atoms with Gasteiger partial charge in [0.2, 0.25) is 0 Å². The number of nitrogens with one attached hydrogen (secondary N) is 1. The Kier molecular flexibility index (Phi) is 8.69. The molecule has 1 aromatic rings. The molecule has 0 atom stereocenters. The van der Waals surface area contributed by atoms with Gasteiger partial charge in [-0.25, -0.2) is 4.79 Å². The normalized spacial score (nSPS) is 10.8. The van der Waals surface area contributed by atoms with Crippen LogP contribution in [0.5, 0.6) is 5.75 Å². The van der Waals surface area contributed by atoms with E-state index in [1.54, 1.807) is 24.3 Å². The van der Waals surface area contributed by atoms with Gasteiger partial charge in [0.25, 0.3) is 0 Å². The molecule has 0 spiro atoms. The largest absolute Gasteiger partial charge is 0.491 e. The smallest absolute Gasteiger partial charge is 0.412 e. The molecule has 0 bridgehead atoms. The van der Waals surface area contributed by atoms with E-state index in [1.807, 2.05) is 20.8 Å². The Morgan fingerprint density at radius 2 is 1.71 bits per heavy atom. The minimum Gasteiger partial charge on any atom is -0.491 e. The second-order valence-corrected chi connectivity index (χ2v) is 5.87. The lowest BCUT2D eigenvalue weighted by Gasteiger charge is -2.19. The molecule has 0 saturated heterocycles. The fourth-order valence-electron chi connectivity index (χ4n) is 1.63. The SMILES string of the molecule is C#CCOCCOCCOc1ccc(NC(=O)OC(C)(C)C)cc1. The third-order valence-electron chi connectivity index (χ3n) is 2.55. The number of amides is 1. The average molecular weight is 335 g/mol. The molecule has 6 nitrogen and oxygen atoms in total. The zero-order valence-corrected chi connectivity index (χ0v) is 14.5. The molecule has 6 heteroatoms. The molecule has 1 aromatic carbocycles. The molecule has 0 radical (unpaired) electrons. The highest BCUT2D eigenvalue weighted by Crippen LogP contribution is 2.17. The van der Waals surface area contributed by atoms with Crippen LogP contribution >= 0.6 is 0 Å². The molecule has 24 heavy (non-hydrogen) atoms. The summed E-state index contributed by atoms with van der Waals surface area (Å²) < 4.78 is 21.1. The number of terminal acetylenes is 1. The van der Waals surface area contributed by atoms with Crippen LogP contribution in [0.2, 0.25) is 0 Å². The van der Waals surface area contributed by atoms with E-state index in [0.717, 1.165) is 0 Å². The molecule has 0 saturated carbocycles. The molecular weight excluding hydrogens is 310 g/mol. The van der Waals surface area contributed by atoms with Gasteiger partial charge in [-0.3, -0.25) is 5.32 Å². The number of hydrogen-bond acceptors (Lipinski definition) is 5. The van der Waals surface area contributed by atoms with Crippen molar-refractivity contribution >= 4 is 11.8 Å². The molecule has 132 valence electrons. The summed E-state index contributed by atoms with van der Waals surface area (Å²) in [5.41, 5.74) is 0.109. The van der Waals surface area contributed by atoms with Crippen LogP contribution in [-0.2, 0) is 14.2 Å². The van der Waals surface area contributed by atoms with Crippen LogP contribution in [0.3, 0.4) is 0 Å². The molecule has 0 aromatic heterocycles. The predicted molar refractivity (Wildman–Crippen MR) is 92.3 cm³/mol. The van der Waals surface area contributed by atoms with Gasteiger partial charge >= 0.3 is 6.09 Å². The van der Waals surface area contributed by atoms with Gasteiger partial charge in [-0.1, -0.05) is 5.92 Å². The third kappa shape index (κ3) is 9.72. The maximum Gasteiger partial charge on any atom is 0.412 e. The van der Waals surface area contributed by atoms with Gasteiger partial charge in [-0.05, 0) is 45.0 Å². The molecule has 1 amide bonds. The van der Waals surface area contributed by atoms with Crippen LogP contribution in [0.15, 0.2) is 24.3 Å². The molecule has 1 N–H and O–H groups in total. The fraction of sp³-hybridized carbons (Fsp3) is 0.500. The van der Waals surface area contributed by atoms with Crippen molar-refractivity contribution in [3.8, 4) is 18.1 Å². The van der Waals surface area contributed by atoms with Crippen molar-refractivity contribution in [1.29, 1.82) is 0 Å². The maximum atomic E-state index is 11.6. The molecule has 1 rings (SSSR count).